The summed E-state index contributed by atoms with van der Waals surface area (Å²) in [5.41, 5.74) is 0.382. The van der Waals surface area contributed by atoms with Crippen molar-refractivity contribution in [3.05, 3.63) is 58.9 Å². The Labute approximate surface area is 181 Å². The number of halogens is 4. The second-order valence-corrected chi connectivity index (χ2v) is 8.11. The summed E-state index contributed by atoms with van der Waals surface area (Å²) in [5.74, 6) is -1.05. The number of ether oxygens (including phenoxy) is 2. The summed E-state index contributed by atoms with van der Waals surface area (Å²) in [5, 5.41) is 0. The first-order valence-electron chi connectivity index (χ1n) is 11.0. The largest absolute Gasteiger partial charge is 0.419 e. The van der Waals surface area contributed by atoms with Gasteiger partial charge in [0.05, 0.1) is 12.2 Å². The van der Waals surface area contributed by atoms with E-state index in [1.807, 2.05) is 19.1 Å². The predicted octanol–water partition coefficient (Wildman–Crippen LogP) is 7.19. The summed E-state index contributed by atoms with van der Waals surface area (Å²) < 4.78 is 67.5. The maximum atomic E-state index is 15.1. The molecular formula is C25H30F4O2. The standard InChI is InChI=1S/C25H30F4O2/c1-3-5-17-6-10-19(11-7-17)21-14-13-20(23(24(21)26)25(27,28)29)12-8-18-9-15-22(30-4-2)31-16-18/h6-7,10-11,13-14,18,22H,3-5,8-9,12,15-16H2,1-2H3. The smallest absolute Gasteiger partial charge is 0.353 e. The van der Waals surface area contributed by atoms with Gasteiger partial charge < -0.3 is 9.47 Å². The summed E-state index contributed by atoms with van der Waals surface area (Å²) in [6.45, 7) is 4.97. The quantitative estimate of drug-likeness (QED) is 0.406. The molecule has 0 radical (unpaired) electrons. The SMILES string of the molecule is CCCc1ccc(-c2ccc(CCC3CCC(OCC)OC3)c(C(F)(F)F)c2F)cc1. The number of aryl methyl sites for hydroxylation is 2. The van der Waals surface area contributed by atoms with E-state index in [-0.39, 0.29) is 29.8 Å². The van der Waals surface area contributed by atoms with Gasteiger partial charge in [-0.3, -0.25) is 0 Å². The van der Waals surface area contributed by atoms with Crippen LogP contribution in [0.4, 0.5) is 17.6 Å². The summed E-state index contributed by atoms with van der Waals surface area (Å²) in [7, 11) is 0. The van der Waals surface area contributed by atoms with Gasteiger partial charge in [0, 0.05) is 12.2 Å². The highest BCUT2D eigenvalue weighted by atomic mass is 19.4. The van der Waals surface area contributed by atoms with Gasteiger partial charge in [-0.25, -0.2) is 4.39 Å². The van der Waals surface area contributed by atoms with Crippen molar-refractivity contribution in [1.82, 2.24) is 0 Å². The molecule has 3 rings (SSSR count). The zero-order valence-corrected chi connectivity index (χ0v) is 18.1. The molecule has 1 saturated heterocycles. The number of alkyl halides is 3. The molecule has 0 aliphatic carbocycles. The van der Waals surface area contributed by atoms with Crippen molar-refractivity contribution < 1.29 is 27.0 Å². The summed E-state index contributed by atoms with van der Waals surface area (Å²) in [6.07, 6.45) is -0.887. The van der Waals surface area contributed by atoms with Crippen LogP contribution in [-0.4, -0.2) is 19.5 Å². The molecule has 2 nitrogen and oxygen atoms in total. The van der Waals surface area contributed by atoms with Crippen molar-refractivity contribution in [2.24, 2.45) is 5.92 Å². The molecule has 1 aliphatic heterocycles. The van der Waals surface area contributed by atoms with E-state index < -0.39 is 17.6 Å². The highest BCUT2D eigenvalue weighted by Crippen LogP contribution is 2.39. The monoisotopic (exact) mass is 438 g/mol. The highest BCUT2D eigenvalue weighted by molar-refractivity contribution is 5.66. The third kappa shape index (κ3) is 6.07. The fourth-order valence-electron chi connectivity index (χ4n) is 4.18. The molecule has 170 valence electrons. The van der Waals surface area contributed by atoms with Crippen LogP contribution in [0, 0.1) is 11.7 Å². The van der Waals surface area contributed by atoms with Gasteiger partial charge in [-0.15, -0.1) is 0 Å². The van der Waals surface area contributed by atoms with Crippen molar-refractivity contribution in [2.75, 3.05) is 13.2 Å². The van der Waals surface area contributed by atoms with Crippen LogP contribution in [0.15, 0.2) is 36.4 Å². The van der Waals surface area contributed by atoms with E-state index in [4.69, 9.17) is 9.47 Å². The maximum Gasteiger partial charge on any atom is 0.419 e. The van der Waals surface area contributed by atoms with Crippen molar-refractivity contribution >= 4 is 0 Å². The Morgan fingerprint density at radius 3 is 2.32 bits per heavy atom. The predicted molar refractivity (Wildman–Crippen MR) is 113 cm³/mol. The van der Waals surface area contributed by atoms with Gasteiger partial charge in [0.1, 0.15) is 5.82 Å². The topological polar surface area (TPSA) is 18.5 Å². The minimum atomic E-state index is -4.75. The second kappa shape index (κ2) is 10.6. The average Bonchev–Trinajstić information content (AvgIpc) is 2.73. The molecule has 2 aromatic carbocycles. The Morgan fingerprint density at radius 2 is 1.74 bits per heavy atom. The first kappa shape index (κ1) is 23.7. The van der Waals surface area contributed by atoms with Gasteiger partial charge in [-0.1, -0.05) is 49.7 Å². The van der Waals surface area contributed by atoms with Gasteiger partial charge in [-0.05, 0) is 61.6 Å². The van der Waals surface area contributed by atoms with Crippen LogP contribution < -0.4 is 0 Å². The maximum absolute atomic E-state index is 15.1. The number of hydrogen-bond donors (Lipinski definition) is 0. The van der Waals surface area contributed by atoms with Gasteiger partial charge in [0.15, 0.2) is 6.29 Å². The van der Waals surface area contributed by atoms with Crippen LogP contribution in [0.5, 0.6) is 0 Å². The van der Waals surface area contributed by atoms with Gasteiger partial charge in [0.2, 0.25) is 0 Å². The zero-order valence-electron chi connectivity index (χ0n) is 18.1. The molecule has 0 amide bonds. The van der Waals surface area contributed by atoms with Crippen molar-refractivity contribution in [1.29, 1.82) is 0 Å². The molecule has 0 aromatic heterocycles. The normalized spacial score (nSPS) is 19.5. The molecule has 1 aliphatic rings. The molecule has 2 atom stereocenters. The summed E-state index contributed by atoms with van der Waals surface area (Å²) in [6, 6.07) is 9.97. The zero-order chi connectivity index (χ0) is 22.4. The third-order valence-corrected chi connectivity index (χ3v) is 5.82. The lowest BCUT2D eigenvalue weighted by molar-refractivity contribution is -0.173. The van der Waals surface area contributed by atoms with Crippen molar-refractivity contribution in [3.8, 4) is 11.1 Å². The molecule has 0 spiro atoms. The lowest BCUT2D eigenvalue weighted by Crippen LogP contribution is -2.28. The Hall–Kier alpha value is -1.92. The molecule has 2 unspecified atom stereocenters. The molecule has 2 aromatic rings. The van der Waals surface area contributed by atoms with Crippen LogP contribution >= 0.6 is 0 Å². The minimum absolute atomic E-state index is 0.00304. The van der Waals surface area contributed by atoms with E-state index in [1.54, 1.807) is 12.1 Å². The number of benzene rings is 2. The van der Waals surface area contributed by atoms with E-state index in [0.29, 0.717) is 25.2 Å². The lowest BCUT2D eigenvalue weighted by atomic mass is 9.90. The highest BCUT2D eigenvalue weighted by Gasteiger charge is 2.38. The van der Waals surface area contributed by atoms with Crippen LogP contribution in [0.3, 0.4) is 0 Å². The van der Waals surface area contributed by atoms with Crippen LogP contribution in [-0.2, 0) is 28.5 Å². The van der Waals surface area contributed by atoms with E-state index in [9.17, 15) is 13.2 Å². The molecule has 6 heteroatoms. The fourth-order valence-corrected chi connectivity index (χ4v) is 4.18. The Bertz CT molecular complexity index is 838. The number of hydrogen-bond acceptors (Lipinski definition) is 2. The average molecular weight is 439 g/mol. The van der Waals surface area contributed by atoms with Crippen molar-refractivity contribution in [3.63, 3.8) is 0 Å². The van der Waals surface area contributed by atoms with E-state index in [1.165, 1.54) is 12.1 Å². The first-order chi connectivity index (χ1) is 14.8. The number of rotatable bonds is 8. The van der Waals surface area contributed by atoms with Gasteiger partial charge in [0.25, 0.3) is 0 Å². The van der Waals surface area contributed by atoms with Crippen LogP contribution in [0.1, 0.15) is 56.2 Å². The molecule has 1 fully saturated rings. The molecule has 0 saturated carbocycles. The van der Waals surface area contributed by atoms with E-state index in [2.05, 4.69) is 6.92 Å². The molecule has 0 N–H and O–H groups in total. The van der Waals surface area contributed by atoms with Gasteiger partial charge in [-0.2, -0.15) is 13.2 Å². The fraction of sp³-hybridized carbons (Fsp3) is 0.520. The van der Waals surface area contributed by atoms with Crippen LogP contribution in [0.2, 0.25) is 0 Å². The molecular weight excluding hydrogens is 408 g/mol. The van der Waals surface area contributed by atoms with Gasteiger partial charge >= 0.3 is 6.18 Å². The molecule has 1 heterocycles. The Morgan fingerprint density at radius 1 is 1.00 bits per heavy atom. The Kier molecular flexibility index (Phi) is 8.11. The summed E-state index contributed by atoms with van der Waals surface area (Å²) >= 11 is 0. The second-order valence-electron chi connectivity index (χ2n) is 8.11. The van der Waals surface area contributed by atoms with E-state index >= 15 is 4.39 Å². The van der Waals surface area contributed by atoms with E-state index in [0.717, 1.165) is 31.2 Å². The molecule has 31 heavy (non-hydrogen) atoms. The lowest BCUT2D eigenvalue weighted by Gasteiger charge is -2.29. The minimum Gasteiger partial charge on any atom is -0.353 e. The molecule has 0 bridgehead atoms. The van der Waals surface area contributed by atoms with Crippen molar-refractivity contribution in [2.45, 2.75) is 64.8 Å². The Balaban J connectivity index is 1.78. The third-order valence-electron chi connectivity index (χ3n) is 5.82. The van der Waals surface area contributed by atoms with Crippen LogP contribution in [0.25, 0.3) is 11.1 Å². The summed E-state index contributed by atoms with van der Waals surface area (Å²) in [4.78, 5) is 0. The first-order valence-corrected chi connectivity index (χ1v) is 11.0.